The highest BCUT2D eigenvalue weighted by molar-refractivity contribution is 7.89. The molecule has 0 heterocycles. The lowest BCUT2D eigenvalue weighted by Gasteiger charge is -2.24. The van der Waals surface area contributed by atoms with Gasteiger partial charge in [-0.15, -0.1) is 0 Å². The Kier molecular flexibility index (Phi) is 8.73. The number of amides is 1. The lowest BCUT2D eigenvalue weighted by molar-refractivity contribution is -0.122. The smallest absolute Gasteiger partial charge is 0.243 e. The molecule has 0 aromatic heterocycles. The van der Waals surface area contributed by atoms with E-state index in [9.17, 15) is 13.2 Å². The predicted octanol–water partition coefficient (Wildman–Crippen LogP) is 3.78. The number of carbonyl (C=O) groups excluding carboxylic acids is 1. The van der Waals surface area contributed by atoms with E-state index in [2.05, 4.69) is 5.32 Å². The van der Waals surface area contributed by atoms with E-state index in [-0.39, 0.29) is 29.8 Å². The Labute approximate surface area is 206 Å². The zero-order chi connectivity index (χ0) is 25.4. The van der Waals surface area contributed by atoms with Gasteiger partial charge in [0.2, 0.25) is 15.9 Å². The molecule has 8 nitrogen and oxygen atoms in total. The standard InChI is InChI=1S/C26H30N2O6S/c1-19(21-10-12-22(32-2)13-11-21)27-26(29)18-28(17-20-8-6-5-7-9-20)35(30,31)23-14-15-24(33-3)25(16-23)34-4/h5-16,19H,17-18H2,1-4H3,(H,27,29)/t19-/m0/s1. The third-order valence-corrected chi connectivity index (χ3v) is 7.30. The summed E-state index contributed by atoms with van der Waals surface area (Å²) in [5.74, 6) is 0.980. The third kappa shape index (κ3) is 6.52. The van der Waals surface area contributed by atoms with Gasteiger partial charge in [0, 0.05) is 12.6 Å². The van der Waals surface area contributed by atoms with Gasteiger partial charge in [-0.1, -0.05) is 42.5 Å². The molecule has 186 valence electrons. The topological polar surface area (TPSA) is 94.2 Å². The fourth-order valence-electron chi connectivity index (χ4n) is 3.56. The van der Waals surface area contributed by atoms with Crippen LogP contribution in [0, 0.1) is 0 Å². The van der Waals surface area contributed by atoms with Crippen LogP contribution >= 0.6 is 0 Å². The third-order valence-electron chi connectivity index (χ3n) is 5.51. The summed E-state index contributed by atoms with van der Waals surface area (Å²) >= 11 is 0. The van der Waals surface area contributed by atoms with Gasteiger partial charge in [0.1, 0.15) is 5.75 Å². The van der Waals surface area contributed by atoms with Crippen LogP contribution in [0.25, 0.3) is 0 Å². The van der Waals surface area contributed by atoms with E-state index in [1.807, 2.05) is 49.4 Å². The van der Waals surface area contributed by atoms with Crippen molar-refractivity contribution in [1.29, 1.82) is 0 Å². The molecule has 0 saturated heterocycles. The number of rotatable bonds is 11. The minimum atomic E-state index is -4.04. The van der Waals surface area contributed by atoms with Crippen LogP contribution in [-0.2, 0) is 21.4 Å². The van der Waals surface area contributed by atoms with Gasteiger partial charge in [-0.2, -0.15) is 4.31 Å². The molecule has 0 bridgehead atoms. The lowest BCUT2D eigenvalue weighted by Crippen LogP contribution is -2.41. The number of sulfonamides is 1. The van der Waals surface area contributed by atoms with Crippen molar-refractivity contribution in [2.75, 3.05) is 27.9 Å². The molecule has 0 aliphatic rings. The lowest BCUT2D eigenvalue weighted by atomic mass is 10.1. The number of benzene rings is 3. The summed E-state index contributed by atoms with van der Waals surface area (Å²) in [6.07, 6.45) is 0. The van der Waals surface area contributed by atoms with Crippen LogP contribution in [0.4, 0.5) is 0 Å². The number of nitrogens with one attached hydrogen (secondary N) is 1. The summed E-state index contributed by atoms with van der Waals surface area (Å²) in [7, 11) is 0.452. The highest BCUT2D eigenvalue weighted by Gasteiger charge is 2.28. The van der Waals surface area contributed by atoms with Gasteiger partial charge in [0.25, 0.3) is 0 Å². The minimum absolute atomic E-state index is 0.00193. The summed E-state index contributed by atoms with van der Waals surface area (Å²) in [5, 5.41) is 2.88. The number of carbonyl (C=O) groups is 1. The number of nitrogens with zero attached hydrogens (tertiary/aromatic N) is 1. The summed E-state index contributed by atoms with van der Waals surface area (Å²) in [4.78, 5) is 13.0. The molecule has 9 heteroatoms. The number of methoxy groups -OCH3 is 3. The van der Waals surface area contributed by atoms with Crippen LogP contribution in [0.15, 0.2) is 77.7 Å². The van der Waals surface area contributed by atoms with Gasteiger partial charge in [-0.3, -0.25) is 4.79 Å². The molecule has 0 unspecified atom stereocenters. The monoisotopic (exact) mass is 498 g/mol. The first-order chi connectivity index (χ1) is 16.8. The Hall–Kier alpha value is -3.56. The maximum Gasteiger partial charge on any atom is 0.243 e. The molecular weight excluding hydrogens is 468 g/mol. The maximum absolute atomic E-state index is 13.6. The van der Waals surface area contributed by atoms with Crippen molar-refractivity contribution in [3.8, 4) is 17.2 Å². The first-order valence-corrected chi connectivity index (χ1v) is 12.4. The molecule has 1 N–H and O–H groups in total. The van der Waals surface area contributed by atoms with Crippen molar-refractivity contribution in [2.45, 2.75) is 24.4 Å². The van der Waals surface area contributed by atoms with Crippen LogP contribution in [0.2, 0.25) is 0 Å². The van der Waals surface area contributed by atoms with Gasteiger partial charge in [-0.25, -0.2) is 8.42 Å². The number of hydrogen-bond donors (Lipinski definition) is 1. The van der Waals surface area contributed by atoms with E-state index in [0.717, 1.165) is 15.4 Å². The van der Waals surface area contributed by atoms with E-state index in [4.69, 9.17) is 14.2 Å². The van der Waals surface area contributed by atoms with E-state index >= 15 is 0 Å². The zero-order valence-corrected chi connectivity index (χ0v) is 21.0. The minimum Gasteiger partial charge on any atom is -0.497 e. The Bertz CT molecular complexity index is 1230. The molecule has 0 spiro atoms. The molecule has 0 saturated carbocycles. The van der Waals surface area contributed by atoms with Crippen molar-refractivity contribution in [3.05, 3.63) is 83.9 Å². The maximum atomic E-state index is 13.6. The highest BCUT2D eigenvalue weighted by atomic mass is 32.2. The molecular formula is C26H30N2O6S. The molecule has 35 heavy (non-hydrogen) atoms. The Morgan fingerprint density at radius 2 is 1.54 bits per heavy atom. The molecule has 0 radical (unpaired) electrons. The van der Waals surface area contributed by atoms with Crippen molar-refractivity contribution < 1.29 is 27.4 Å². The fraction of sp³-hybridized carbons (Fsp3) is 0.269. The van der Waals surface area contributed by atoms with E-state index < -0.39 is 15.9 Å². The molecule has 0 aliphatic carbocycles. The van der Waals surface area contributed by atoms with Crippen LogP contribution < -0.4 is 19.5 Å². The zero-order valence-electron chi connectivity index (χ0n) is 20.2. The summed E-state index contributed by atoms with van der Waals surface area (Å²) in [5.41, 5.74) is 1.63. The SMILES string of the molecule is COc1ccc([C@H](C)NC(=O)CN(Cc2ccccc2)S(=O)(=O)c2ccc(OC)c(OC)c2)cc1. The highest BCUT2D eigenvalue weighted by Crippen LogP contribution is 2.31. The van der Waals surface area contributed by atoms with Gasteiger partial charge in [0.05, 0.1) is 38.8 Å². The molecule has 0 aliphatic heterocycles. The summed E-state index contributed by atoms with van der Waals surface area (Å²) in [6.45, 7) is 1.51. The molecule has 1 amide bonds. The quantitative estimate of drug-likeness (QED) is 0.432. The predicted molar refractivity (Wildman–Crippen MR) is 133 cm³/mol. The summed E-state index contributed by atoms with van der Waals surface area (Å²) < 4.78 is 44.0. The van der Waals surface area contributed by atoms with Crippen LogP contribution in [-0.4, -0.2) is 46.5 Å². The van der Waals surface area contributed by atoms with E-state index in [0.29, 0.717) is 11.5 Å². The first kappa shape index (κ1) is 26.1. The largest absolute Gasteiger partial charge is 0.497 e. The van der Waals surface area contributed by atoms with Gasteiger partial charge in [0.15, 0.2) is 11.5 Å². The molecule has 0 fully saturated rings. The van der Waals surface area contributed by atoms with E-state index in [1.54, 1.807) is 19.2 Å². The normalized spacial score (nSPS) is 12.1. The van der Waals surface area contributed by atoms with Crippen molar-refractivity contribution >= 4 is 15.9 Å². The molecule has 3 aromatic carbocycles. The van der Waals surface area contributed by atoms with Crippen molar-refractivity contribution in [3.63, 3.8) is 0 Å². The first-order valence-electron chi connectivity index (χ1n) is 11.0. The van der Waals surface area contributed by atoms with Crippen LogP contribution in [0.3, 0.4) is 0 Å². The van der Waals surface area contributed by atoms with Crippen LogP contribution in [0.5, 0.6) is 17.2 Å². The Balaban J connectivity index is 1.85. The second-order valence-corrected chi connectivity index (χ2v) is 9.78. The number of hydrogen-bond acceptors (Lipinski definition) is 6. The second-order valence-electron chi connectivity index (χ2n) is 7.84. The molecule has 1 atom stereocenters. The van der Waals surface area contributed by atoms with Gasteiger partial charge < -0.3 is 19.5 Å². The van der Waals surface area contributed by atoms with Crippen molar-refractivity contribution in [1.82, 2.24) is 9.62 Å². The fourth-order valence-corrected chi connectivity index (χ4v) is 4.96. The molecule has 3 aromatic rings. The van der Waals surface area contributed by atoms with Crippen molar-refractivity contribution in [2.24, 2.45) is 0 Å². The second kappa shape index (κ2) is 11.7. The molecule has 3 rings (SSSR count). The average molecular weight is 499 g/mol. The Morgan fingerprint density at radius 1 is 0.886 bits per heavy atom. The van der Waals surface area contributed by atoms with Crippen LogP contribution in [0.1, 0.15) is 24.1 Å². The van der Waals surface area contributed by atoms with E-state index in [1.165, 1.54) is 32.4 Å². The Morgan fingerprint density at radius 3 is 2.14 bits per heavy atom. The van der Waals surface area contributed by atoms with Gasteiger partial charge in [-0.05, 0) is 42.3 Å². The summed E-state index contributed by atoms with van der Waals surface area (Å²) in [6, 6.07) is 20.5. The average Bonchev–Trinajstić information content (AvgIpc) is 2.88. The number of ether oxygens (including phenoxy) is 3. The van der Waals surface area contributed by atoms with Gasteiger partial charge >= 0.3 is 0 Å².